The normalized spacial score (nSPS) is 10.5. The largest absolute Gasteiger partial charge is 0.506 e. The monoisotopic (exact) mass is 420 g/mol. The number of rotatable bonds is 7. The van der Waals surface area contributed by atoms with Gasteiger partial charge in [-0.25, -0.2) is 4.79 Å². The number of esters is 1. The van der Waals surface area contributed by atoms with Gasteiger partial charge in [-0.05, 0) is 49.6 Å². The predicted octanol–water partition coefficient (Wildman–Crippen LogP) is 3.82. The van der Waals surface area contributed by atoms with Crippen molar-refractivity contribution in [3.05, 3.63) is 71.8 Å². The Balaban J connectivity index is 1.58. The molecule has 2 amide bonds. The van der Waals surface area contributed by atoms with E-state index in [2.05, 4.69) is 5.32 Å². The molecule has 0 aliphatic heterocycles. The highest BCUT2D eigenvalue weighted by Crippen LogP contribution is 2.29. The summed E-state index contributed by atoms with van der Waals surface area (Å²) in [6, 6.07) is 16.8. The number of carbonyl (C=O) groups excluding carboxylic acids is 3. The van der Waals surface area contributed by atoms with Crippen LogP contribution in [0.5, 0.6) is 5.75 Å². The van der Waals surface area contributed by atoms with Crippen molar-refractivity contribution in [2.75, 3.05) is 25.0 Å². The number of phenolic OH excluding ortho intramolecular Hbond substituents is 1. The lowest BCUT2D eigenvalue weighted by Crippen LogP contribution is -2.30. The van der Waals surface area contributed by atoms with Crippen molar-refractivity contribution >= 4 is 34.2 Å². The molecule has 3 aromatic rings. The summed E-state index contributed by atoms with van der Waals surface area (Å²) in [5, 5.41) is 14.3. The Morgan fingerprint density at radius 2 is 1.61 bits per heavy atom. The minimum Gasteiger partial charge on any atom is -0.506 e. The lowest BCUT2D eigenvalue weighted by atomic mass is 10.1. The zero-order valence-corrected chi connectivity index (χ0v) is 17.4. The number of ether oxygens (including phenoxy) is 1. The third-order valence-corrected chi connectivity index (χ3v) is 4.92. The number of hydrogen-bond donors (Lipinski definition) is 2. The smallest absolute Gasteiger partial charge is 0.342 e. The van der Waals surface area contributed by atoms with Crippen LogP contribution in [0.15, 0.2) is 60.7 Å². The van der Waals surface area contributed by atoms with Crippen LogP contribution in [0.2, 0.25) is 0 Å². The summed E-state index contributed by atoms with van der Waals surface area (Å²) in [5.41, 5.74) is 0.997. The molecule has 0 saturated carbocycles. The van der Waals surface area contributed by atoms with Crippen molar-refractivity contribution in [3.8, 4) is 5.75 Å². The van der Waals surface area contributed by atoms with Crippen LogP contribution in [-0.4, -0.2) is 47.5 Å². The fraction of sp³-hybridized carbons (Fsp3) is 0.208. The maximum absolute atomic E-state index is 12.3. The van der Waals surface area contributed by atoms with E-state index in [9.17, 15) is 19.5 Å². The highest BCUT2D eigenvalue weighted by molar-refractivity contribution is 6.02. The second-order valence-electron chi connectivity index (χ2n) is 6.86. The lowest BCUT2D eigenvalue weighted by molar-refractivity contribution is -0.119. The molecule has 0 aliphatic rings. The molecule has 0 spiro atoms. The van der Waals surface area contributed by atoms with Crippen molar-refractivity contribution in [1.29, 1.82) is 0 Å². The number of carbonyl (C=O) groups is 3. The molecular weight excluding hydrogens is 396 g/mol. The van der Waals surface area contributed by atoms with Crippen molar-refractivity contribution in [2.45, 2.75) is 13.8 Å². The molecule has 31 heavy (non-hydrogen) atoms. The molecule has 0 radical (unpaired) electrons. The number of phenols is 1. The Labute approximate surface area is 180 Å². The molecular formula is C24H24N2O5. The molecule has 0 atom stereocenters. The van der Waals surface area contributed by atoms with Crippen LogP contribution in [-0.2, 0) is 9.53 Å². The number of fused-ring (bicyclic) bond motifs is 1. The molecule has 0 heterocycles. The van der Waals surface area contributed by atoms with Gasteiger partial charge in [0.15, 0.2) is 6.61 Å². The molecule has 3 rings (SSSR count). The van der Waals surface area contributed by atoms with E-state index in [1.807, 2.05) is 26.0 Å². The van der Waals surface area contributed by atoms with Crippen molar-refractivity contribution < 1.29 is 24.2 Å². The zero-order valence-electron chi connectivity index (χ0n) is 17.4. The minimum absolute atomic E-state index is 0.00855. The van der Waals surface area contributed by atoms with Gasteiger partial charge >= 0.3 is 5.97 Å². The van der Waals surface area contributed by atoms with Crippen LogP contribution in [0.1, 0.15) is 34.6 Å². The van der Waals surface area contributed by atoms with Gasteiger partial charge < -0.3 is 20.1 Å². The standard InChI is InChI=1S/C24H24N2O5/c1-3-26(4-2)23(29)17-9-12-18(13-10-17)25-21(27)15-31-24(30)20-14-11-16-7-5-6-8-19(16)22(20)28/h5-14,28H,3-4,15H2,1-2H3,(H,25,27). The molecule has 0 unspecified atom stereocenters. The van der Waals surface area contributed by atoms with Crippen LogP contribution in [0.3, 0.4) is 0 Å². The summed E-state index contributed by atoms with van der Waals surface area (Å²) < 4.78 is 5.04. The van der Waals surface area contributed by atoms with E-state index in [1.54, 1.807) is 47.4 Å². The van der Waals surface area contributed by atoms with Crippen LogP contribution in [0.4, 0.5) is 5.69 Å². The number of aromatic hydroxyl groups is 1. The summed E-state index contributed by atoms with van der Waals surface area (Å²) in [4.78, 5) is 38.5. The van der Waals surface area contributed by atoms with Gasteiger partial charge in [-0.1, -0.05) is 30.3 Å². The average molecular weight is 420 g/mol. The summed E-state index contributed by atoms with van der Waals surface area (Å²) in [7, 11) is 0. The molecule has 0 fully saturated rings. The highest BCUT2D eigenvalue weighted by Gasteiger charge is 2.17. The maximum Gasteiger partial charge on any atom is 0.342 e. The number of nitrogens with one attached hydrogen (secondary N) is 1. The van der Waals surface area contributed by atoms with Gasteiger partial charge in [-0.15, -0.1) is 0 Å². The fourth-order valence-corrected chi connectivity index (χ4v) is 3.22. The van der Waals surface area contributed by atoms with E-state index in [0.717, 1.165) is 5.39 Å². The Bertz CT molecular complexity index is 1100. The molecule has 3 aromatic carbocycles. The molecule has 0 aliphatic carbocycles. The Hall–Kier alpha value is -3.87. The van der Waals surface area contributed by atoms with E-state index in [4.69, 9.17) is 4.74 Å². The van der Waals surface area contributed by atoms with Crippen LogP contribution in [0.25, 0.3) is 10.8 Å². The first-order chi connectivity index (χ1) is 14.9. The van der Waals surface area contributed by atoms with Gasteiger partial charge in [-0.2, -0.15) is 0 Å². The molecule has 160 valence electrons. The molecule has 2 N–H and O–H groups in total. The Morgan fingerprint density at radius 1 is 0.935 bits per heavy atom. The Morgan fingerprint density at radius 3 is 2.29 bits per heavy atom. The third kappa shape index (κ3) is 5.01. The van der Waals surface area contributed by atoms with E-state index < -0.39 is 18.5 Å². The van der Waals surface area contributed by atoms with Gasteiger partial charge in [0, 0.05) is 29.7 Å². The fourth-order valence-electron chi connectivity index (χ4n) is 3.22. The van der Waals surface area contributed by atoms with Gasteiger partial charge in [0.1, 0.15) is 11.3 Å². The molecule has 7 heteroatoms. The van der Waals surface area contributed by atoms with E-state index in [1.165, 1.54) is 6.07 Å². The van der Waals surface area contributed by atoms with Crippen LogP contribution in [0, 0.1) is 0 Å². The van der Waals surface area contributed by atoms with Gasteiger partial charge in [0.05, 0.1) is 0 Å². The molecule has 0 bridgehead atoms. The number of benzene rings is 3. The quantitative estimate of drug-likeness (QED) is 0.567. The lowest BCUT2D eigenvalue weighted by Gasteiger charge is -2.18. The van der Waals surface area contributed by atoms with E-state index in [0.29, 0.717) is 29.7 Å². The highest BCUT2D eigenvalue weighted by atomic mass is 16.5. The maximum atomic E-state index is 12.3. The molecule has 0 saturated heterocycles. The van der Waals surface area contributed by atoms with Crippen LogP contribution < -0.4 is 5.32 Å². The van der Waals surface area contributed by atoms with Gasteiger partial charge in [0.2, 0.25) is 0 Å². The van der Waals surface area contributed by atoms with E-state index in [-0.39, 0.29) is 17.2 Å². The van der Waals surface area contributed by atoms with E-state index >= 15 is 0 Å². The second-order valence-corrected chi connectivity index (χ2v) is 6.86. The first-order valence-electron chi connectivity index (χ1n) is 10.0. The van der Waals surface area contributed by atoms with Crippen molar-refractivity contribution in [1.82, 2.24) is 4.90 Å². The predicted molar refractivity (Wildman–Crippen MR) is 118 cm³/mol. The first kappa shape index (κ1) is 21.8. The number of hydrogen-bond acceptors (Lipinski definition) is 5. The SMILES string of the molecule is CCN(CC)C(=O)c1ccc(NC(=O)COC(=O)c2ccc3ccccc3c2O)cc1. The first-order valence-corrected chi connectivity index (χ1v) is 10.0. The third-order valence-electron chi connectivity index (χ3n) is 4.92. The zero-order chi connectivity index (χ0) is 22.4. The van der Waals surface area contributed by atoms with Crippen molar-refractivity contribution in [3.63, 3.8) is 0 Å². The topological polar surface area (TPSA) is 95.9 Å². The second kappa shape index (κ2) is 9.75. The van der Waals surface area contributed by atoms with Gasteiger partial charge in [-0.3, -0.25) is 9.59 Å². The Kier molecular flexibility index (Phi) is 6.87. The average Bonchev–Trinajstić information content (AvgIpc) is 2.79. The minimum atomic E-state index is -0.793. The summed E-state index contributed by atoms with van der Waals surface area (Å²) in [5.74, 6) is -1.58. The molecule has 7 nitrogen and oxygen atoms in total. The number of amides is 2. The summed E-state index contributed by atoms with van der Waals surface area (Å²) >= 11 is 0. The van der Waals surface area contributed by atoms with Crippen LogP contribution >= 0.6 is 0 Å². The van der Waals surface area contributed by atoms with Crippen molar-refractivity contribution in [2.24, 2.45) is 0 Å². The number of nitrogens with zero attached hydrogens (tertiary/aromatic N) is 1. The summed E-state index contributed by atoms with van der Waals surface area (Å²) in [6.45, 7) is 4.55. The summed E-state index contributed by atoms with van der Waals surface area (Å²) in [6.07, 6.45) is 0. The molecule has 0 aromatic heterocycles. The number of anilines is 1. The van der Waals surface area contributed by atoms with Gasteiger partial charge in [0.25, 0.3) is 11.8 Å².